The van der Waals surface area contributed by atoms with Crippen molar-refractivity contribution in [2.24, 2.45) is 5.92 Å². The molecule has 0 aromatic rings. The highest BCUT2D eigenvalue weighted by molar-refractivity contribution is 5.53. The Hall–Kier alpha value is -0.470. The molecule has 0 saturated heterocycles. The molecule has 0 saturated carbocycles. The van der Waals surface area contributed by atoms with Crippen molar-refractivity contribution in [3.8, 4) is 0 Å². The van der Waals surface area contributed by atoms with Crippen molar-refractivity contribution >= 4 is 6.29 Å². The van der Waals surface area contributed by atoms with Crippen LogP contribution in [0, 0.1) is 5.92 Å². The van der Waals surface area contributed by atoms with Gasteiger partial charge in [0.1, 0.15) is 6.29 Å². The second-order valence-corrected chi connectivity index (χ2v) is 1.33. The topological polar surface area (TPSA) is 17.1 Å². The molecule has 1 atom stereocenters. The van der Waals surface area contributed by atoms with Crippen LogP contribution in [0.3, 0.4) is 0 Å². The Morgan fingerprint density at radius 2 is 2.00 bits per heavy atom. The minimum absolute atomic E-state index is 0.241. The molecule has 42 valence electrons. The summed E-state index contributed by atoms with van der Waals surface area (Å²) in [6.07, 6.45) is -2.26. The molecule has 0 rings (SSSR count). The molecular weight excluding hydrogens is 102 g/mol. The highest BCUT2D eigenvalue weighted by atomic mass is 19.3. The highest BCUT2D eigenvalue weighted by Crippen LogP contribution is 2.03. The first-order valence-electron chi connectivity index (χ1n) is 1.92. The van der Waals surface area contributed by atoms with E-state index >= 15 is 0 Å². The molecule has 0 radical (unpaired) electrons. The van der Waals surface area contributed by atoms with Crippen LogP contribution in [0.1, 0.15) is 6.92 Å². The fourth-order valence-corrected chi connectivity index (χ4v) is 0.0594. The molecule has 0 amide bonds. The zero-order valence-corrected chi connectivity index (χ0v) is 3.90. The van der Waals surface area contributed by atoms with Gasteiger partial charge in [-0.15, -0.1) is 0 Å². The minimum Gasteiger partial charge on any atom is -0.303 e. The van der Waals surface area contributed by atoms with Crippen LogP contribution in [0.25, 0.3) is 0 Å². The van der Waals surface area contributed by atoms with E-state index in [0.29, 0.717) is 0 Å². The van der Waals surface area contributed by atoms with E-state index in [4.69, 9.17) is 0 Å². The Balaban J connectivity index is 3.33. The van der Waals surface area contributed by atoms with E-state index in [0.717, 1.165) is 0 Å². The van der Waals surface area contributed by atoms with E-state index in [9.17, 15) is 13.6 Å². The van der Waals surface area contributed by atoms with Crippen LogP contribution in [0.4, 0.5) is 8.78 Å². The third kappa shape index (κ3) is 2.25. The van der Waals surface area contributed by atoms with Gasteiger partial charge in [0.15, 0.2) is 0 Å². The maximum Gasteiger partial charge on any atom is 0.247 e. The third-order valence-corrected chi connectivity index (χ3v) is 0.612. The second-order valence-electron chi connectivity index (χ2n) is 1.33. The summed E-state index contributed by atoms with van der Waals surface area (Å²) in [7, 11) is 0. The monoisotopic (exact) mass is 108 g/mol. The molecule has 1 nitrogen and oxygen atoms in total. The van der Waals surface area contributed by atoms with E-state index in [-0.39, 0.29) is 6.29 Å². The van der Waals surface area contributed by atoms with Crippen LogP contribution in [0.15, 0.2) is 0 Å². The Morgan fingerprint density at radius 3 is 2.00 bits per heavy atom. The van der Waals surface area contributed by atoms with Crippen LogP contribution in [0.2, 0.25) is 0 Å². The smallest absolute Gasteiger partial charge is 0.247 e. The van der Waals surface area contributed by atoms with Gasteiger partial charge < -0.3 is 4.79 Å². The first-order valence-corrected chi connectivity index (χ1v) is 1.92. The first kappa shape index (κ1) is 6.53. The van der Waals surface area contributed by atoms with Gasteiger partial charge in [0.05, 0.1) is 5.92 Å². The maximum absolute atomic E-state index is 11.2. The molecule has 0 bridgehead atoms. The molecular formula is C4H6F2O. The van der Waals surface area contributed by atoms with E-state index in [1.807, 2.05) is 0 Å². The quantitative estimate of drug-likeness (QED) is 0.484. The Labute approximate surface area is 40.3 Å². The normalized spacial score (nSPS) is 14.3. The SMILES string of the molecule is C[C@H](C=O)C(F)F. The minimum atomic E-state index is -2.50. The number of aldehydes is 1. The Kier molecular flexibility index (Phi) is 2.48. The molecule has 0 heterocycles. The van der Waals surface area contributed by atoms with Crippen molar-refractivity contribution in [1.82, 2.24) is 0 Å². The predicted octanol–water partition coefficient (Wildman–Crippen LogP) is 1.09. The van der Waals surface area contributed by atoms with E-state index in [2.05, 4.69) is 0 Å². The lowest BCUT2D eigenvalue weighted by atomic mass is 10.2. The molecule has 0 aromatic carbocycles. The lowest BCUT2D eigenvalue weighted by Crippen LogP contribution is -2.06. The number of rotatable bonds is 2. The summed E-state index contributed by atoms with van der Waals surface area (Å²) < 4.78 is 22.4. The van der Waals surface area contributed by atoms with E-state index in [1.165, 1.54) is 6.92 Å². The van der Waals surface area contributed by atoms with Crippen LogP contribution in [-0.2, 0) is 4.79 Å². The molecule has 0 spiro atoms. The fraction of sp³-hybridized carbons (Fsp3) is 0.750. The summed E-state index contributed by atoms with van der Waals surface area (Å²) >= 11 is 0. The number of halogens is 2. The van der Waals surface area contributed by atoms with Crippen molar-refractivity contribution in [1.29, 1.82) is 0 Å². The van der Waals surface area contributed by atoms with E-state index in [1.54, 1.807) is 0 Å². The van der Waals surface area contributed by atoms with Crippen molar-refractivity contribution in [3.63, 3.8) is 0 Å². The summed E-state index contributed by atoms with van der Waals surface area (Å²) in [4.78, 5) is 9.47. The van der Waals surface area contributed by atoms with Crippen molar-refractivity contribution < 1.29 is 13.6 Å². The van der Waals surface area contributed by atoms with Gasteiger partial charge in [-0.1, -0.05) is 6.92 Å². The fourth-order valence-electron chi connectivity index (χ4n) is 0.0594. The van der Waals surface area contributed by atoms with Gasteiger partial charge in [-0.2, -0.15) is 0 Å². The number of hydrogen-bond donors (Lipinski definition) is 0. The van der Waals surface area contributed by atoms with Crippen molar-refractivity contribution in [3.05, 3.63) is 0 Å². The number of carbonyl (C=O) groups excluding carboxylic acids is 1. The van der Waals surface area contributed by atoms with Gasteiger partial charge in [-0.3, -0.25) is 0 Å². The van der Waals surface area contributed by atoms with Gasteiger partial charge in [0.2, 0.25) is 6.43 Å². The van der Waals surface area contributed by atoms with Gasteiger partial charge in [0, 0.05) is 0 Å². The lowest BCUT2D eigenvalue weighted by molar-refractivity contribution is -0.114. The molecule has 7 heavy (non-hydrogen) atoms. The Bertz CT molecular complexity index is 62.7. The van der Waals surface area contributed by atoms with E-state index < -0.39 is 12.3 Å². The molecule has 0 fully saturated rings. The average molecular weight is 108 g/mol. The molecule has 0 aromatic heterocycles. The summed E-state index contributed by atoms with van der Waals surface area (Å²) in [5.74, 6) is -1.11. The zero-order valence-electron chi connectivity index (χ0n) is 3.90. The third-order valence-electron chi connectivity index (χ3n) is 0.612. The summed E-state index contributed by atoms with van der Waals surface area (Å²) in [6.45, 7) is 1.18. The number of alkyl halides is 2. The van der Waals surface area contributed by atoms with Crippen molar-refractivity contribution in [2.75, 3.05) is 0 Å². The molecule has 3 heteroatoms. The maximum atomic E-state index is 11.2. The van der Waals surface area contributed by atoms with Crippen LogP contribution >= 0.6 is 0 Å². The van der Waals surface area contributed by atoms with Gasteiger partial charge in [0.25, 0.3) is 0 Å². The van der Waals surface area contributed by atoms with Crippen molar-refractivity contribution in [2.45, 2.75) is 13.3 Å². The summed E-state index contributed by atoms with van der Waals surface area (Å²) in [5.41, 5.74) is 0. The summed E-state index contributed by atoms with van der Waals surface area (Å²) in [6, 6.07) is 0. The molecule has 0 aliphatic heterocycles. The average Bonchev–Trinajstić information content (AvgIpc) is 1.65. The standard InChI is InChI=1S/C4H6F2O/c1-3(2-7)4(5)6/h2-4H,1H3/t3-/m1/s1. The summed E-state index contributed by atoms with van der Waals surface area (Å²) in [5, 5.41) is 0. The van der Waals surface area contributed by atoms with Crippen LogP contribution < -0.4 is 0 Å². The highest BCUT2D eigenvalue weighted by Gasteiger charge is 2.11. The number of carbonyl (C=O) groups is 1. The van der Waals surface area contributed by atoms with Gasteiger partial charge in [-0.05, 0) is 0 Å². The van der Waals surface area contributed by atoms with Gasteiger partial charge in [-0.25, -0.2) is 8.78 Å². The largest absolute Gasteiger partial charge is 0.303 e. The van der Waals surface area contributed by atoms with Gasteiger partial charge >= 0.3 is 0 Å². The molecule has 0 unspecified atom stereocenters. The zero-order chi connectivity index (χ0) is 5.86. The number of hydrogen-bond acceptors (Lipinski definition) is 1. The first-order chi connectivity index (χ1) is 3.18. The molecule has 0 N–H and O–H groups in total. The Morgan fingerprint density at radius 1 is 1.57 bits per heavy atom. The molecule has 0 aliphatic rings. The molecule has 0 aliphatic carbocycles. The second kappa shape index (κ2) is 2.66. The lowest BCUT2D eigenvalue weighted by Gasteiger charge is -1.96. The van der Waals surface area contributed by atoms with Crippen LogP contribution in [0.5, 0.6) is 0 Å². The predicted molar refractivity (Wildman–Crippen MR) is 21.2 cm³/mol. The van der Waals surface area contributed by atoms with Crippen LogP contribution in [-0.4, -0.2) is 12.7 Å².